The number of rotatable bonds is 7. The first-order chi connectivity index (χ1) is 13.5. The van der Waals surface area contributed by atoms with Gasteiger partial charge in [-0.15, -0.1) is 0 Å². The van der Waals surface area contributed by atoms with E-state index in [1.165, 1.54) is 16.9 Å². The molecule has 0 spiro atoms. The predicted octanol–water partition coefficient (Wildman–Crippen LogP) is 5.14. The molecule has 3 aromatic rings. The quantitative estimate of drug-likeness (QED) is 0.581. The first kappa shape index (κ1) is 19.9. The Balaban J connectivity index is 1.66. The van der Waals surface area contributed by atoms with Gasteiger partial charge in [-0.3, -0.25) is 4.79 Å². The lowest BCUT2D eigenvalue weighted by Crippen LogP contribution is -2.22. The molecule has 0 aliphatic heterocycles. The van der Waals surface area contributed by atoms with Crippen molar-refractivity contribution in [2.45, 2.75) is 34.2 Å². The third kappa shape index (κ3) is 4.89. The van der Waals surface area contributed by atoms with E-state index in [-0.39, 0.29) is 5.91 Å². The van der Waals surface area contributed by atoms with Crippen LogP contribution in [0.15, 0.2) is 42.5 Å². The van der Waals surface area contributed by atoms with Crippen molar-refractivity contribution in [3.05, 3.63) is 69.7 Å². The number of nitrogens with zero attached hydrogens (tertiary/aromatic N) is 1. The second-order valence-electron chi connectivity index (χ2n) is 6.64. The maximum absolute atomic E-state index is 12.6. The Morgan fingerprint density at radius 1 is 1.14 bits per heavy atom. The highest BCUT2D eigenvalue weighted by molar-refractivity contribution is 7.17. The molecular formula is C22H25N3O2S. The van der Waals surface area contributed by atoms with Crippen LogP contribution in [0.5, 0.6) is 5.75 Å². The Hall–Kier alpha value is -2.86. The van der Waals surface area contributed by atoms with Gasteiger partial charge in [0.1, 0.15) is 10.6 Å². The van der Waals surface area contributed by atoms with E-state index in [1.54, 1.807) is 0 Å². The van der Waals surface area contributed by atoms with E-state index in [9.17, 15) is 4.79 Å². The molecule has 0 unspecified atom stereocenters. The highest BCUT2D eigenvalue weighted by Gasteiger charge is 2.15. The van der Waals surface area contributed by atoms with Gasteiger partial charge in [-0.1, -0.05) is 41.2 Å². The zero-order valence-electron chi connectivity index (χ0n) is 16.6. The van der Waals surface area contributed by atoms with Crippen molar-refractivity contribution >= 4 is 28.1 Å². The number of thiazole rings is 1. The molecule has 0 bridgehead atoms. The molecule has 0 atom stereocenters. The molecule has 1 aromatic heterocycles. The number of anilines is 2. The van der Waals surface area contributed by atoms with Crippen LogP contribution in [-0.2, 0) is 6.54 Å². The SMILES string of the molecule is CCOc1cccc(CNC(=O)c2sc(Nc3ccc(C)cc3C)nc2C)c1. The fraction of sp³-hybridized carbons (Fsp3) is 0.273. The Kier molecular flexibility index (Phi) is 6.31. The number of nitrogens with one attached hydrogen (secondary N) is 2. The van der Waals surface area contributed by atoms with Crippen LogP contribution in [0.4, 0.5) is 10.8 Å². The van der Waals surface area contributed by atoms with E-state index in [1.807, 2.05) is 44.2 Å². The molecule has 3 rings (SSSR count). The summed E-state index contributed by atoms with van der Waals surface area (Å²) in [4.78, 5) is 17.8. The van der Waals surface area contributed by atoms with Crippen molar-refractivity contribution in [2.75, 3.05) is 11.9 Å². The average Bonchev–Trinajstić information content (AvgIpc) is 3.03. The molecule has 2 N–H and O–H groups in total. The molecule has 0 saturated carbocycles. The number of aryl methyl sites for hydroxylation is 3. The monoisotopic (exact) mass is 395 g/mol. The zero-order chi connectivity index (χ0) is 20.1. The normalized spacial score (nSPS) is 10.6. The third-order valence-corrected chi connectivity index (χ3v) is 5.36. The summed E-state index contributed by atoms with van der Waals surface area (Å²) in [7, 11) is 0. The number of hydrogen-bond acceptors (Lipinski definition) is 5. The molecule has 0 aliphatic carbocycles. The first-order valence-electron chi connectivity index (χ1n) is 9.28. The average molecular weight is 396 g/mol. The summed E-state index contributed by atoms with van der Waals surface area (Å²) in [6, 6.07) is 14.0. The van der Waals surface area contributed by atoms with Crippen molar-refractivity contribution in [1.82, 2.24) is 10.3 Å². The van der Waals surface area contributed by atoms with Gasteiger partial charge >= 0.3 is 0 Å². The van der Waals surface area contributed by atoms with Gasteiger partial charge in [0.2, 0.25) is 0 Å². The van der Waals surface area contributed by atoms with Gasteiger partial charge in [0.15, 0.2) is 5.13 Å². The van der Waals surface area contributed by atoms with Crippen LogP contribution in [-0.4, -0.2) is 17.5 Å². The van der Waals surface area contributed by atoms with E-state index in [2.05, 4.69) is 41.6 Å². The summed E-state index contributed by atoms with van der Waals surface area (Å²) >= 11 is 1.36. The highest BCUT2D eigenvalue weighted by atomic mass is 32.1. The number of amides is 1. The number of benzene rings is 2. The molecule has 1 amide bonds. The van der Waals surface area contributed by atoms with Crippen LogP contribution in [0.3, 0.4) is 0 Å². The summed E-state index contributed by atoms with van der Waals surface area (Å²) in [5.41, 5.74) is 5.08. The molecule has 2 aromatic carbocycles. The first-order valence-corrected chi connectivity index (χ1v) is 10.1. The van der Waals surface area contributed by atoms with Gasteiger partial charge < -0.3 is 15.4 Å². The highest BCUT2D eigenvalue weighted by Crippen LogP contribution is 2.27. The van der Waals surface area contributed by atoms with Crippen LogP contribution < -0.4 is 15.4 Å². The van der Waals surface area contributed by atoms with Crippen LogP contribution in [0.25, 0.3) is 0 Å². The number of ether oxygens (including phenoxy) is 1. The van der Waals surface area contributed by atoms with Gasteiger partial charge in [-0.25, -0.2) is 4.98 Å². The molecule has 0 fully saturated rings. The summed E-state index contributed by atoms with van der Waals surface area (Å²) in [5.74, 6) is 0.689. The van der Waals surface area contributed by atoms with Gasteiger partial charge in [-0.05, 0) is 57.0 Å². The van der Waals surface area contributed by atoms with E-state index < -0.39 is 0 Å². The lowest BCUT2D eigenvalue weighted by atomic mass is 10.1. The minimum atomic E-state index is -0.120. The Morgan fingerprint density at radius 2 is 1.96 bits per heavy atom. The summed E-state index contributed by atoms with van der Waals surface area (Å²) in [6.45, 7) is 8.98. The maximum atomic E-state index is 12.6. The van der Waals surface area contributed by atoms with Crippen LogP contribution in [0.2, 0.25) is 0 Å². The number of hydrogen-bond donors (Lipinski definition) is 2. The van der Waals surface area contributed by atoms with E-state index in [4.69, 9.17) is 4.74 Å². The molecule has 0 aliphatic rings. The number of aromatic nitrogens is 1. The zero-order valence-corrected chi connectivity index (χ0v) is 17.4. The summed E-state index contributed by atoms with van der Waals surface area (Å²) in [6.07, 6.45) is 0. The largest absolute Gasteiger partial charge is 0.494 e. The summed E-state index contributed by atoms with van der Waals surface area (Å²) < 4.78 is 5.51. The van der Waals surface area contributed by atoms with Crippen molar-refractivity contribution in [2.24, 2.45) is 0 Å². The van der Waals surface area contributed by atoms with Gasteiger partial charge in [0.25, 0.3) is 5.91 Å². The fourth-order valence-corrected chi connectivity index (χ4v) is 3.80. The Labute approximate surface area is 169 Å². The Morgan fingerprint density at radius 3 is 2.71 bits per heavy atom. The molecule has 1 heterocycles. The molecule has 5 nitrogen and oxygen atoms in total. The standard InChI is InChI=1S/C22H25N3O2S/c1-5-27-18-8-6-7-17(12-18)13-23-21(26)20-16(4)24-22(28-20)25-19-10-9-14(2)11-15(19)3/h6-12H,5,13H2,1-4H3,(H,23,26)(H,24,25). The molecular weight excluding hydrogens is 370 g/mol. The fourth-order valence-electron chi connectivity index (χ4n) is 2.90. The molecule has 28 heavy (non-hydrogen) atoms. The minimum absolute atomic E-state index is 0.120. The number of carbonyl (C=O) groups excluding carboxylic acids is 1. The molecule has 146 valence electrons. The summed E-state index contributed by atoms with van der Waals surface area (Å²) in [5, 5.41) is 7.01. The third-order valence-electron chi connectivity index (χ3n) is 4.29. The second kappa shape index (κ2) is 8.89. The smallest absolute Gasteiger partial charge is 0.263 e. The van der Waals surface area contributed by atoms with Gasteiger partial charge in [0.05, 0.1) is 12.3 Å². The van der Waals surface area contributed by atoms with Gasteiger partial charge in [0, 0.05) is 12.2 Å². The molecule has 0 radical (unpaired) electrons. The topological polar surface area (TPSA) is 63.2 Å². The number of carbonyl (C=O) groups is 1. The predicted molar refractivity (Wildman–Crippen MR) is 115 cm³/mol. The van der Waals surface area contributed by atoms with E-state index in [0.717, 1.165) is 28.3 Å². The van der Waals surface area contributed by atoms with Crippen LogP contribution >= 0.6 is 11.3 Å². The lowest BCUT2D eigenvalue weighted by molar-refractivity contribution is 0.0954. The molecule has 0 saturated heterocycles. The molecule has 6 heteroatoms. The maximum Gasteiger partial charge on any atom is 0.263 e. The van der Waals surface area contributed by atoms with E-state index >= 15 is 0 Å². The van der Waals surface area contributed by atoms with Crippen molar-refractivity contribution < 1.29 is 9.53 Å². The second-order valence-corrected chi connectivity index (χ2v) is 7.64. The van der Waals surface area contributed by atoms with Crippen LogP contribution in [0.1, 0.15) is 39.0 Å². The van der Waals surface area contributed by atoms with Crippen molar-refractivity contribution in [1.29, 1.82) is 0 Å². The van der Waals surface area contributed by atoms with Gasteiger partial charge in [-0.2, -0.15) is 0 Å². The Bertz CT molecular complexity index is 982. The van der Waals surface area contributed by atoms with E-state index in [0.29, 0.717) is 23.2 Å². The van der Waals surface area contributed by atoms with Crippen molar-refractivity contribution in [3.8, 4) is 5.75 Å². The minimum Gasteiger partial charge on any atom is -0.494 e. The van der Waals surface area contributed by atoms with Crippen molar-refractivity contribution in [3.63, 3.8) is 0 Å². The lowest BCUT2D eigenvalue weighted by Gasteiger charge is -2.07. The van der Waals surface area contributed by atoms with Crippen LogP contribution in [0, 0.1) is 20.8 Å².